The van der Waals surface area contributed by atoms with Crippen LogP contribution in [0.1, 0.15) is 16.5 Å². The van der Waals surface area contributed by atoms with E-state index in [1.807, 2.05) is 30.3 Å². The van der Waals surface area contributed by atoms with E-state index in [0.717, 1.165) is 21.5 Å². The van der Waals surface area contributed by atoms with Gasteiger partial charge in [0.05, 0.1) is 6.04 Å². The highest BCUT2D eigenvalue weighted by Crippen LogP contribution is 2.30. The quantitative estimate of drug-likeness (QED) is 0.658. The number of thiophene rings is 1. The fourth-order valence-electron chi connectivity index (χ4n) is 1.67. The topological polar surface area (TPSA) is 38.0 Å². The molecule has 1 aromatic heterocycles. The molecule has 90 valence electrons. The van der Waals surface area contributed by atoms with Crippen LogP contribution < -0.4 is 11.3 Å². The Morgan fingerprint density at radius 2 is 2.12 bits per heavy atom. The Bertz CT molecular complexity index is 501. The van der Waals surface area contributed by atoms with Gasteiger partial charge >= 0.3 is 0 Å². The van der Waals surface area contributed by atoms with Crippen molar-refractivity contribution >= 4 is 38.9 Å². The Morgan fingerprint density at radius 3 is 2.71 bits per heavy atom. The van der Waals surface area contributed by atoms with Gasteiger partial charge in [-0.25, -0.2) is 0 Å². The molecular weight excluding hydrogens is 320 g/mol. The maximum absolute atomic E-state index is 6.17. The molecule has 0 spiro atoms. The van der Waals surface area contributed by atoms with E-state index in [1.54, 1.807) is 11.3 Å². The zero-order valence-electron chi connectivity index (χ0n) is 8.99. The number of hydrogen-bond acceptors (Lipinski definition) is 3. The molecule has 1 heterocycles. The Morgan fingerprint density at radius 1 is 1.35 bits per heavy atom. The molecule has 0 fully saturated rings. The fraction of sp³-hybridized carbons (Fsp3) is 0.167. The third-order valence-corrected chi connectivity index (χ3v) is 4.86. The van der Waals surface area contributed by atoms with Crippen molar-refractivity contribution in [2.75, 3.05) is 0 Å². The van der Waals surface area contributed by atoms with Crippen molar-refractivity contribution in [3.8, 4) is 0 Å². The van der Waals surface area contributed by atoms with E-state index in [1.165, 1.54) is 4.88 Å². The largest absolute Gasteiger partial charge is 0.271 e. The Kier molecular flexibility index (Phi) is 4.59. The first-order valence-corrected chi connectivity index (χ1v) is 7.20. The molecule has 1 atom stereocenters. The first-order chi connectivity index (χ1) is 8.22. The van der Waals surface area contributed by atoms with Crippen molar-refractivity contribution in [1.29, 1.82) is 0 Å². The number of hydrazine groups is 1. The number of rotatable bonds is 4. The van der Waals surface area contributed by atoms with Gasteiger partial charge in [0.1, 0.15) is 0 Å². The van der Waals surface area contributed by atoms with Gasteiger partial charge in [0.25, 0.3) is 0 Å². The number of nitrogens with one attached hydrogen (secondary N) is 1. The van der Waals surface area contributed by atoms with Crippen molar-refractivity contribution in [3.05, 3.63) is 55.6 Å². The fourth-order valence-corrected chi connectivity index (χ4v) is 3.50. The van der Waals surface area contributed by atoms with Gasteiger partial charge < -0.3 is 0 Å². The number of benzene rings is 1. The minimum atomic E-state index is 0.0265. The summed E-state index contributed by atoms with van der Waals surface area (Å²) in [7, 11) is 0. The van der Waals surface area contributed by atoms with Gasteiger partial charge in [-0.1, -0.05) is 29.8 Å². The van der Waals surface area contributed by atoms with Crippen LogP contribution in [0.25, 0.3) is 0 Å². The van der Waals surface area contributed by atoms with Crippen LogP contribution in [0.5, 0.6) is 0 Å². The lowest BCUT2D eigenvalue weighted by atomic mass is 10.0. The van der Waals surface area contributed by atoms with Gasteiger partial charge in [0.15, 0.2) is 0 Å². The summed E-state index contributed by atoms with van der Waals surface area (Å²) in [6, 6.07) is 9.83. The van der Waals surface area contributed by atoms with Crippen molar-refractivity contribution in [2.24, 2.45) is 5.84 Å². The first kappa shape index (κ1) is 13.1. The molecule has 17 heavy (non-hydrogen) atoms. The maximum atomic E-state index is 6.17. The van der Waals surface area contributed by atoms with Crippen LogP contribution in [-0.4, -0.2) is 0 Å². The lowest BCUT2D eigenvalue weighted by Gasteiger charge is -2.17. The zero-order chi connectivity index (χ0) is 12.3. The van der Waals surface area contributed by atoms with Crippen molar-refractivity contribution in [2.45, 2.75) is 12.5 Å². The average Bonchev–Trinajstić information content (AvgIpc) is 2.73. The molecule has 0 amide bonds. The molecule has 1 unspecified atom stereocenters. The van der Waals surface area contributed by atoms with Gasteiger partial charge in [0.2, 0.25) is 0 Å². The molecular formula is C12H12BrClN2S. The van der Waals surface area contributed by atoms with E-state index in [-0.39, 0.29) is 6.04 Å². The van der Waals surface area contributed by atoms with Gasteiger partial charge in [-0.3, -0.25) is 11.3 Å². The molecule has 0 saturated heterocycles. The van der Waals surface area contributed by atoms with Crippen molar-refractivity contribution in [3.63, 3.8) is 0 Å². The Hall–Kier alpha value is -0.390. The average molecular weight is 332 g/mol. The molecule has 0 bridgehead atoms. The summed E-state index contributed by atoms with van der Waals surface area (Å²) < 4.78 is 1.12. The summed E-state index contributed by atoms with van der Waals surface area (Å²) >= 11 is 11.4. The van der Waals surface area contributed by atoms with Crippen molar-refractivity contribution in [1.82, 2.24) is 5.43 Å². The third-order valence-electron chi connectivity index (χ3n) is 2.56. The summed E-state index contributed by atoms with van der Waals surface area (Å²) in [5.74, 6) is 5.62. The lowest BCUT2D eigenvalue weighted by molar-refractivity contribution is 0.555. The third kappa shape index (κ3) is 3.09. The number of nitrogens with two attached hydrogens (primary N) is 1. The highest BCUT2D eigenvalue weighted by molar-refractivity contribution is 9.10. The molecule has 1 aromatic carbocycles. The molecule has 0 saturated carbocycles. The predicted octanol–water partition coefficient (Wildman–Crippen LogP) is 3.91. The molecule has 2 aromatic rings. The minimum absolute atomic E-state index is 0.0265. The molecule has 2 nitrogen and oxygen atoms in total. The molecule has 0 aliphatic carbocycles. The smallest absolute Gasteiger partial charge is 0.0523 e. The molecule has 2 rings (SSSR count). The predicted molar refractivity (Wildman–Crippen MR) is 77.2 cm³/mol. The second-order valence-corrected chi connectivity index (χ2v) is 5.90. The van der Waals surface area contributed by atoms with E-state index in [9.17, 15) is 0 Å². The van der Waals surface area contributed by atoms with Crippen LogP contribution >= 0.6 is 38.9 Å². The Labute approximate surface area is 118 Å². The number of halogens is 2. The molecule has 0 aliphatic rings. The van der Waals surface area contributed by atoms with Gasteiger partial charge in [-0.15, -0.1) is 11.3 Å². The summed E-state index contributed by atoms with van der Waals surface area (Å²) in [5, 5.41) is 2.79. The molecule has 0 aliphatic heterocycles. The second-order valence-electron chi connectivity index (χ2n) is 3.64. The van der Waals surface area contributed by atoms with E-state index in [2.05, 4.69) is 26.7 Å². The maximum Gasteiger partial charge on any atom is 0.0523 e. The van der Waals surface area contributed by atoms with E-state index < -0.39 is 0 Å². The SMILES string of the molecule is NNC(Cc1sccc1Br)c1ccccc1Cl. The molecule has 5 heteroatoms. The van der Waals surface area contributed by atoms with Crippen LogP contribution in [0.15, 0.2) is 40.2 Å². The van der Waals surface area contributed by atoms with Crippen LogP contribution in [0.2, 0.25) is 5.02 Å². The first-order valence-electron chi connectivity index (χ1n) is 5.14. The standard InChI is InChI=1S/C12H12BrClN2S/c13-9-5-6-17-12(9)7-11(16-15)8-3-1-2-4-10(8)14/h1-6,11,16H,7,15H2. The van der Waals surface area contributed by atoms with E-state index in [0.29, 0.717) is 0 Å². The summed E-state index contributed by atoms with van der Waals surface area (Å²) in [6.45, 7) is 0. The summed E-state index contributed by atoms with van der Waals surface area (Å²) in [4.78, 5) is 1.26. The molecule has 0 radical (unpaired) electrons. The van der Waals surface area contributed by atoms with E-state index in [4.69, 9.17) is 17.4 Å². The minimum Gasteiger partial charge on any atom is -0.271 e. The summed E-state index contributed by atoms with van der Waals surface area (Å²) in [6.07, 6.45) is 0.818. The van der Waals surface area contributed by atoms with Crippen LogP contribution in [-0.2, 0) is 6.42 Å². The summed E-state index contributed by atoms with van der Waals surface area (Å²) in [5.41, 5.74) is 3.85. The normalized spacial score (nSPS) is 12.6. The van der Waals surface area contributed by atoms with E-state index >= 15 is 0 Å². The number of hydrogen-bond donors (Lipinski definition) is 2. The van der Waals surface area contributed by atoms with Crippen molar-refractivity contribution < 1.29 is 0 Å². The molecule has 3 N–H and O–H groups in total. The lowest BCUT2D eigenvalue weighted by Crippen LogP contribution is -2.29. The van der Waals surface area contributed by atoms with Crippen LogP contribution in [0.4, 0.5) is 0 Å². The van der Waals surface area contributed by atoms with Gasteiger partial charge in [0, 0.05) is 20.8 Å². The van der Waals surface area contributed by atoms with Crippen LogP contribution in [0, 0.1) is 0 Å². The Balaban J connectivity index is 2.23. The zero-order valence-corrected chi connectivity index (χ0v) is 12.1. The highest BCUT2D eigenvalue weighted by Gasteiger charge is 2.15. The van der Waals surface area contributed by atoms with Gasteiger partial charge in [-0.2, -0.15) is 0 Å². The van der Waals surface area contributed by atoms with Crippen LogP contribution in [0.3, 0.4) is 0 Å². The highest BCUT2D eigenvalue weighted by atomic mass is 79.9. The van der Waals surface area contributed by atoms with Gasteiger partial charge in [-0.05, 0) is 39.0 Å². The second kappa shape index (κ2) is 5.98. The monoisotopic (exact) mass is 330 g/mol.